The highest BCUT2D eigenvalue weighted by atomic mass is 32.2. The van der Waals surface area contributed by atoms with Crippen molar-refractivity contribution in [2.45, 2.75) is 32.6 Å². The van der Waals surface area contributed by atoms with Crippen molar-refractivity contribution >= 4 is 10.1 Å². The molecule has 0 amide bonds. The largest absolute Gasteiger partial charge is 0.508 e. The zero-order valence-corrected chi connectivity index (χ0v) is 12.7. The summed E-state index contributed by atoms with van der Waals surface area (Å²) in [5, 5.41) is 8.93. The van der Waals surface area contributed by atoms with Gasteiger partial charge in [0.2, 0.25) is 0 Å². The molecule has 0 radical (unpaired) electrons. The second-order valence-electron chi connectivity index (χ2n) is 4.04. The Hall–Kier alpha value is -1.11. The van der Waals surface area contributed by atoms with Crippen molar-refractivity contribution < 1.29 is 18.1 Å². The first kappa shape index (κ1) is 17.9. The average molecular weight is 289 g/mol. The number of hydrogen-bond donors (Lipinski definition) is 2. The van der Waals surface area contributed by atoms with Crippen LogP contribution in [0.1, 0.15) is 26.3 Å². The molecular formula is C13H23NO4S. The van der Waals surface area contributed by atoms with E-state index in [-0.39, 0.29) is 10.6 Å². The van der Waals surface area contributed by atoms with Gasteiger partial charge in [-0.3, -0.25) is 4.55 Å². The fourth-order valence-corrected chi connectivity index (χ4v) is 2.28. The Morgan fingerprint density at radius 2 is 1.58 bits per heavy atom. The van der Waals surface area contributed by atoms with Gasteiger partial charge in [0.15, 0.2) is 0 Å². The summed E-state index contributed by atoms with van der Waals surface area (Å²) in [6, 6.07) is 3.77. The Balaban J connectivity index is 0.000000399. The van der Waals surface area contributed by atoms with Crippen molar-refractivity contribution in [2.75, 3.05) is 19.6 Å². The van der Waals surface area contributed by atoms with Crippen LogP contribution >= 0.6 is 0 Å². The molecule has 0 bridgehead atoms. The predicted octanol–water partition coefficient (Wildman–Crippen LogP) is 2.30. The third-order valence-electron chi connectivity index (χ3n) is 2.79. The molecule has 0 heterocycles. The summed E-state index contributed by atoms with van der Waals surface area (Å²) in [4.78, 5) is 2.11. The van der Waals surface area contributed by atoms with E-state index in [1.807, 2.05) is 0 Å². The van der Waals surface area contributed by atoms with Gasteiger partial charge in [-0.25, -0.2) is 0 Å². The van der Waals surface area contributed by atoms with E-state index in [4.69, 9.17) is 9.66 Å². The molecule has 0 saturated carbocycles. The third kappa shape index (κ3) is 6.56. The molecule has 0 aliphatic carbocycles. The number of phenolic OH excluding ortho intramolecular Hbond substituents is 1. The highest BCUT2D eigenvalue weighted by Crippen LogP contribution is 2.19. The molecule has 0 saturated heterocycles. The molecule has 5 nitrogen and oxygen atoms in total. The summed E-state index contributed by atoms with van der Waals surface area (Å²) in [6.45, 7) is 11.7. The molecule has 0 aliphatic rings. The Kier molecular flexibility index (Phi) is 7.66. The van der Waals surface area contributed by atoms with E-state index in [9.17, 15) is 8.42 Å². The van der Waals surface area contributed by atoms with Crippen LogP contribution in [-0.2, 0) is 10.1 Å². The van der Waals surface area contributed by atoms with Crippen LogP contribution in [0.3, 0.4) is 0 Å². The van der Waals surface area contributed by atoms with E-state index >= 15 is 0 Å². The summed E-state index contributed by atoms with van der Waals surface area (Å²) in [5.74, 6) is -0.187. The van der Waals surface area contributed by atoms with E-state index in [2.05, 4.69) is 25.7 Å². The van der Waals surface area contributed by atoms with Crippen LogP contribution in [0.2, 0.25) is 0 Å². The maximum absolute atomic E-state index is 10.7. The number of hydrogen-bond acceptors (Lipinski definition) is 4. The van der Waals surface area contributed by atoms with Gasteiger partial charge < -0.3 is 10.0 Å². The molecule has 0 atom stereocenters. The Morgan fingerprint density at radius 1 is 1.11 bits per heavy atom. The van der Waals surface area contributed by atoms with Crippen molar-refractivity contribution in [2.24, 2.45) is 0 Å². The van der Waals surface area contributed by atoms with Gasteiger partial charge >= 0.3 is 0 Å². The van der Waals surface area contributed by atoms with Gasteiger partial charge in [-0.2, -0.15) is 8.42 Å². The second kappa shape index (κ2) is 8.14. The van der Waals surface area contributed by atoms with Gasteiger partial charge in [0, 0.05) is 6.07 Å². The summed E-state index contributed by atoms with van der Waals surface area (Å²) >= 11 is 0. The number of benzene rings is 1. The van der Waals surface area contributed by atoms with E-state index < -0.39 is 10.1 Å². The van der Waals surface area contributed by atoms with Crippen molar-refractivity contribution in [1.82, 2.24) is 4.90 Å². The SMILES string of the molecule is CCN(CC)CC.Cc1ccc(O)cc1S(=O)(=O)O. The predicted molar refractivity (Wildman–Crippen MR) is 76.1 cm³/mol. The first-order valence-corrected chi connectivity index (χ1v) is 7.69. The van der Waals surface area contributed by atoms with Crippen molar-refractivity contribution in [1.29, 1.82) is 0 Å². The maximum atomic E-state index is 10.7. The second-order valence-corrected chi connectivity index (χ2v) is 5.43. The van der Waals surface area contributed by atoms with Crippen molar-refractivity contribution in [3.05, 3.63) is 23.8 Å². The molecule has 19 heavy (non-hydrogen) atoms. The Bertz CT molecular complexity index is 476. The number of rotatable bonds is 4. The van der Waals surface area contributed by atoms with Crippen LogP contribution in [0.15, 0.2) is 23.1 Å². The maximum Gasteiger partial charge on any atom is 0.294 e. The number of nitrogens with zero attached hydrogens (tertiary/aromatic N) is 1. The van der Waals surface area contributed by atoms with E-state index in [1.54, 1.807) is 0 Å². The van der Waals surface area contributed by atoms with Gasteiger partial charge in [-0.15, -0.1) is 0 Å². The summed E-state index contributed by atoms with van der Waals surface area (Å²) < 4.78 is 30.0. The van der Waals surface area contributed by atoms with E-state index in [0.717, 1.165) is 6.07 Å². The lowest BCUT2D eigenvalue weighted by Gasteiger charge is -2.13. The molecule has 110 valence electrons. The molecule has 0 spiro atoms. The van der Waals surface area contributed by atoms with Crippen LogP contribution in [-0.4, -0.2) is 42.6 Å². The molecule has 0 aliphatic heterocycles. The Labute approximate surface area is 115 Å². The standard InChI is InChI=1S/C7H8O4S.C6H15N/c1-5-2-3-6(8)4-7(5)12(9,10)11;1-4-7(5-2)6-3/h2-4,8H,1H3,(H,9,10,11);4-6H2,1-3H3. The molecule has 6 heteroatoms. The van der Waals surface area contributed by atoms with E-state index in [1.165, 1.54) is 38.7 Å². The highest BCUT2D eigenvalue weighted by molar-refractivity contribution is 7.85. The number of aromatic hydroxyl groups is 1. The average Bonchev–Trinajstić information content (AvgIpc) is 2.34. The molecule has 1 aromatic carbocycles. The molecule has 0 aromatic heterocycles. The number of aryl methyl sites for hydroxylation is 1. The van der Waals surface area contributed by atoms with Crippen LogP contribution in [0.4, 0.5) is 0 Å². The zero-order chi connectivity index (χ0) is 15.1. The van der Waals surface area contributed by atoms with Crippen LogP contribution in [0.25, 0.3) is 0 Å². The molecule has 1 rings (SSSR count). The fourth-order valence-electron chi connectivity index (χ4n) is 1.54. The summed E-state index contributed by atoms with van der Waals surface area (Å²) in [7, 11) is -4.22. The molecule has 1 aromatic rings. The van der Waals surface area contributed by atoms with Gasteiger partial charge in [-0.1, -0.05) is 26.8 Å². The third-order valence-corrected chi connectivity index (χ3v) is 3.79. The van der Waals surface area contributed by atoms with Gasteiger partial charge in [0.25, 0.3) is 10.1 Å². The van der Waals surface area contributed by atoms with Crippen LogP contribution < -0.4 is 0 Å². The minimum absolute atomic E-state index is 0.187. The van der Waals surface area contributed by atoms with Crippen LogP contribution in [0.5, 0.6) is 5.75 Å². The molecule has 2 N–H and O–H groups in total. The summed E-state index contributed by atoms with van der Waals surface area (Å²) in [6.07, 6.45) is 0. The summed E-state index contributed by atoms with van der Waals surface area (Å²) in [5.41, 5.74) is 0.398. The lowest BCUT2D eigenvalue weighted by atomic mass is 10.2. The van der Waals surface area contributed by atoms with Crippen LogP contribution in [0, 0.1) is 6.92 Å². The minimum Gasteiger partial charge on any atom is -0.508 e. The highest BCUT2D eigenvalue weighted by Gasteiger charge is 2.12. The fraction of sp³-hybridized carbons (Fsp3) is 0.538. The molecule has 0 unspecified atom stereocenters. The number of phenols is 1. The lowest BCUT2D eigenvalue weighted by molar-refractivity contribution is 0.321. The zero-order valence-electron chi connectivity index (χ0n) is 11.9. The van der Waals surface area contributed by atoms with E-state index in [0.29, 0.717) is 5.56 Å². The monoisotopic (exact) mass is 289 g/mol. The van der Waals surface area contributed by atoms with Gasteiger partial charge in [-0.05, 0) is 38.2 Å². The molecule has 0 fully saturated rings. The Morgan fingerprint density at radius 3 is 1.84 bits per heavy atom. The first-order valence-electron chi connectivity index (χ1n) is 6.25. The van der Waals surface area contributed by atoms with Gasteiger partial charge in [0.05, 0.1) is 0 Å². The van der Waals surface area contributed by atoms with Crippen molar-refractivity contribution in [3.63, 3.8) is 0 Å². The lowest BCUT2D eigenvalue weighted by Crippen LogP contribution is -2.21. The van der Waals surface area contributed by atoms with Crippen molar-refractivity contribution in [3.8, 4) is 5.75 Å². The smallest absolute Gasteiger partial charge is 0.294 e. The topological polar surface area (TPSA) is 77.8 Å². The van der Waals surface area contributed by atoms with Gasteiger partial charge in [0.1, 0.15) is 10.6 Å². The molecular weight excluding hydrogens is 266 g/mol. The normalized spacial score (nSPS) is 11.1. The minimum atomic E-state index is -4.22. The quantitative estimate of drug-likeness (QED) is 0.832. The first-order chi connectivity index (χ1) is 8.76.